The van der Waals surface area contributed by atoms with Crippen LogP contribution in [-0.4, -0.2) is 25.7 Å². The first-order chi connectivity index (χ1) is 8.70. The van der Waals surface area contributed by atoms with Gasteiger partial charge in [-0.05, 0) is 62.9 Å². The minimum atomic E-state index is 0.637. The Hall–Kier alpha value is -0.0800. The van der Waals surface area contributed by atoms with Crippen molar-refractivity contribution < 1.29 is 0 Å². The lowest BCUT2D eigenvalue weighted by molar-refractivity contribution is 0.224. The van der Waals surface area contributed by atoms with Crippen LogP contribution in [0.2, 0.25) is 0 Å². The van der Waals surface area contributed by atoms with Crippen molar-refractivity contribution in [2.75, 3.05) is 19.6 Å². The summed E-state index contributed by atoms with van der Waals surface area (Å²) in [4.78, 5) is 0. The first-order valence-corrected chi connectivity index (χ1v) is 8.14. The zero-order valence-corrected chi connectivity index (χ0v) is 12.4. The third kappa shape index (κ3) is 4.89. The van der Waals surface area contributed by atoms with Crippen molar-refractivity contribution in [1.82, 2.24) is 10.6 Å². The summed E-state index contributed by atoms with van der Waals surface area (Å²) in [6, 6.07) is 0.868. The molecule has 0 aromatic carbocycles. The monoisotopic (exact) mass is 252 g/mol. The van der Waals surface area contributed by atoms with Crippen LogP contribution in [0.5, 0.6) is 0 Å². The number of hydrogen-bond donors (Lipinski definition) is 2. The van der Waals surface area contributed by atoms with Crippen molar-refractivity contribution in [3.8, 4) is 0 Å². The zero-order chi connectivity index (χ0) is 12.8. The summed E-state index contributed by atoms with van der Waals surface area (Å²) in [6.45, 7) is 8.41. The van der Waals surface area contributed by atoms with E-state index < -0.39 is 0 Å². The van der Waals surface area contributed by atoms with E-state index in [0.29, 0.717) is 5.41 Å². The van der Waals surface area contributed by atoms with E-state index in [1.165, 1.54) is 71.0 Å². The van der Waals surface area contributed by atoms with Gasteiger partial charge in [-0.3, -0.25) is 0 Å². The summed E-state index contributed by atoms with van der Waals surface area (Å²) in [5.74, 6) is 0.849. The molecule has 0 bridgehead atoms. The maximum absolute atomic E-state index is 3.73. The van der Waals surface area contributed by atoms with Gasteiger partial charge in [0.15, 0.2) is 0 Å². The van der Waals surface area contributed by atoms with E-state index in [-0.39, 0.29) is 0 Å². The molecule has 0 unspecified atom stereocenters. The van der Waals surface area contributed by atoms with Crippen LogP contribution in [0, 0.1) is 11.3 Å². The third-order valence-corrected chi connectivity index (χ3v) is 4.55. The van der Waals surface area contributed by atoms with E-state index in [1.807, 2.05) is 0 Å². The van der Waals surface area contributed by atoms with Crippen molar-refractivity contribution in [2.24, 2.45) is 11.3 Å². The van der Waals surface area contributed by atoms with Crippen molar-refractivity contribution in [2.45, 2.75) is 71.3 Å². The Balaban J connectivity index is 1.56. The van der Waals surface area contributed by atoms with E-state index in [0.717, 1.165) is 12.0 Å². The Labute approximate surface area is 113 Å². The minimum Gasteiger partial charge on any atom is -0.316 e. The van der Waals surface area contributed by atoms with Crippen LogP contribution in [0.15, 0.2) is 0 Å². The Morgan fingerprint density at radius 1 is 1.11 bits per heavy atom. The molecule has 2 rings (SSSR count). The van der Waals surface area contributed by atoms with Crippen molar-refractivity contribution in [3.05, 3.63) is 0 Å². The van der Waals surface area contributed by atoms with Gasteiger partial charge in [0, 0.05) is 12.6 Å². The average Bonchev–Trinajstić information content (AvgIpc) is 3.03. The van der Waals surface area contributed by atoms with Gasteiger partial charge in [0.2, 0.25) is 0 Å². The predicted octanol–water partition coefficient (Wildman–Crippen LogP) is 3.32. The molecule has 106 valence electrons. The first kappa shape index (κ1) is 14.3. The summed E-state index contributed by atoms with van der Waals surface area (Å²) in [6.07, 6.45) is 11.3. The second-order valence-electron chi connectivity index (χ2n) is 7.06. The maximum atomic E-state index is 3.73. The van der Waals surface area contributed by atoms with Crippen LogP contribution < -0.4 is 10.6 Å². The molecule has 0 atom stereocenters. The van der Waals surface area contributed by atoms with Gasteiger partial charge in [-0.15, -0.1) is 0 Å². The molecule has 0 amide bonds. The standard InChI is InChI=1S/C16H32N2/c1-14(2)12-16(8-3-4-9-16)13-17-10-5-11-18-15-6-7-15/h14-15,17-18H,3-13H2,1-2H3. The van der Waals surface area contributed by atoms with Crippen molar-refractivity contribution in [1.29, 1.82) is 0 Å². The van der Waals surface area contributed by atoms with Gasteiger partial charge in [-0.25, -0.2) is 0 Å². The molecule has 0 saturated heterocycles. The van der Waals surface area contributed by atoms with Crippen LogP contribution >= 0.6 is 0 Å². The number of rotatable bonds is 9. The van der Waals surface area contributed by atoms with Gasteiger partial charge in [0.05, 0.1) is 0 Å². The molecule has 0 spiro atoms. The molecular formula is C16H32N2. The fourth-order valence-corrected chi connectivity index (χ4v) is 3.60. The quantitative estimate of drug-likeness (QED) is 0.615. The van der Waals surface area contributed by atoms with Crippen LogP contribution in [0.25, 0.3) is 0 Å². The Kier molecular flexibility index (Phi) is 5.50. The molecule has 0 radical (unpaired) electrons. The van der Waals surface area contributed by atoms with E-state index >= 15 is 0 Å². The first-order valence-electron chi connectivity index (χ1n) is 8.14. The second-order valence-corrected chi connectivity index (χ2v) is 7.06. The summed E-state index contributed by atoms with van der Waals surface area (Å²) >= 11 is 0. The molecule has 2 heteroatoms. The largest absolute Gasteiger partial charge is 0.316 e. The lowest BCUT2D eigenvalue weighted by Gasteiger charge is -2.31. The van der Waals surface area contributed by atoms with Gasteiger partial charge in [-0.2, -0.15) is 0 Å². The van der Waals surface area contributed by atoms with Crippen LogP contribution in [0.4, 0.5) is 0 Å². The molecule has 0 aromatic rings. The summed E-state index contributed by atoms with van der Waals surface area (Å²) in [5, 5.41) is 7.31. The maximum Gasteiger partial charge on any atom is 0.00682 e. The minimum absolute atomic E-state index is 0.637. The molecule has 2 nitrogen and oxygen atoms in total. The van der Waals surface area contributed by atoms with Crippen LogP contribution in [0.1, 0.15) is 65.2 Å². The van der Waals surface area contributed by atoms with Crippen molar-refractivity contribution >= 4 is 0 Å². The molecule has 2 aliphatic carbocycles. The van der Waals surface area contributed by atoms with Crippen LogP contribution in [-0.2, 0) is 0 Å². The lowest BCUT2D eigenvalue weighted by atomic mass is 9.78. The van der Waals surface area contributed by atoms with E-state index in [4.69, 9.17) is 0 Å². The zero-order valence-electron chi connectivity index (χ0n) is 12.4. The second kappa shape index (κ2) is 6.91. The number of hydrogen-bond acceptors (Lipinski definition) is 2. The van der Waals surface area contributed by atoms with Crippen molar-refractivity contribution in [3.63, 3.8) is 0 Å². The molecule has 2 aliphatic rings. The van der Waals surface area contributed by atoms with Gasteiger partial charge in [0.25, 0.3) is 0 Å². The van der Waals surface area contributed by atoms with E-state index in [1.54, 1.807) is 0 Å². The molecule has 18 heavy (non-hydrogen) atoms. The Bertz CT molecular complexity index is 227. The molecular weight excluding hydrogens is 220 g/mol. The lowest BCUT2D eigenvalue weighted by Crippen LogP contribution is -2.34. The number of nitrogens with one attached hydrogen (secondary N) is 2. The highest BCUT2D eigenvalue weighted by atomic mass is 15.0. The molecule has 0 aliphatic heterocycles. The van der Waals surface area contributed by atoms with E-state index in [2.05, 4.69) is 24.5 Å². The molecule has 0 aromatic heterocycles. The average molecular weight is 252 g/mol. The van der Waals surface area contributed by atoms with Gasteiger partial charge in [-0.1, -0.05) is 26.7 Å². The van der Waals surface area contributed by atoms with Gasteiger partial charge >= 0.3 is 0 Å². The summed E-state index contributed by atoms with van der Waals surface area (Å²) in [7, 11) is 0. The molecule has 2 saturated carbocycles. The highest BCUT2D eigenvalue weighted by Crippen LogP contribution is 2.42. The van der Waals surface area contributed by atoms with Gasteiger partial charge in [0.1, 0.15) is 0 Å². The molecule has 2 N–H and O–H groups in total. The fraction of sp³-hybridized carbons (Fsp3) is 1.00. The normalized spacial score (nSPS) is 22.8. The Morgan fingerprint density at radius 2 is 1.83 bits per heavy atom. The van der Waals surface area contributed by atoms with Gasteiger partial charge < -0.3 is 10.6 Å². The summed E-state index contributed by atoms with van der Waals surface area (Å²) < 4.78 is 0. The highest BCUT2D eigenvalue weighted by Gasteiger charge is 2.33. The highest BCUT2D eigenvalue weighted by molar-refractivity contribution is 4.87. The predicted molar refractivity (Wildman–Crippen MR) is 78.9 cm³/mol. The topological polar surface area (TPSA) is 24.1 Å². The SMILES string of the molecule is CC(C)CC1(CNCCCNC2CC2)CCCC1. The molecule has 0 heterocycles. The fourth-order valence-electron chi connectivity index (χ4n) is 3.60. The molecule has 2 fully saturated rings. The van der Waals surface area contributed by atoms with Crippen LogP contribution in [0.3, 0.4) is 0 Å². The third-order valence-electron chi connectivity index (χ3n) is 4.55. The van der Waals surface area contributed by atoms with E-state index in [9.17, 15) is 0 Å². The smallest absolute Gasteiger partial charge is 0.00682 e. The summed E-state index contributed by atoms with van der Waals surface area (Å²) in [5.41, 5.74) is 0.637. The Morgan fingerprint density at radius 3 is 2.44 bits per heavy atom.